The smallest absolute Gasteiger partial charge is 0.244 e. The SMILES string of the molecule is O=S(=O)(c1ccccc1Cl)N1Cc2cccnc2[C@@H]2CNC[C@H]2C1. The highest BCUT2D eigenvalue weighted by Crippen LogP contribution is 2.36. The Kier molecular flexibility index (Phi) is 4.08. The van der Waals surface area contributed by atoms with Crippen LogP contribution in [0.15, 0.2) is 47.5 Å². The first kappa shape index (κ1) is 16.0. The fourth-order valence-electron chi connectivity index (χ4n) is 3.66. The summed E-state index contributed by atoms with van der Waals surface area (Å²) in [7, 11) is -3.65. The van der Waals surface area contributed by atoms with Crippen LogP contribution in [0.1, 0.15) is 17.2 Å². The molecule has 5 nitrogen and oxygen atoms in total. The molecule has 0 saturated carbocycles. The van der Waals surface area contributed by atoms with Crippen molar-refractivity contribution in [2.24, 2.45) is 5.92 Å². The summed E-state index contributed by atoms with van der Waals surface area (Å²) in [6.07, 6.45) is 1.78. The minimum Gasteiger partial charge on any atom is -0.316 e. The van der Waals surface area contributed by atoms with E-state index in [-0.39, 0.29) is 21.8 Å². The third-order valence-electron chi connectivity index (χ3n) is 4.86. The summed E-state index contributed by atoms with van der Waals surface area (Å²) >= 11 is 6.15. The average Bonchev–Trinajstić information content (AvgIpc) is 2.97. The van der Waals surface area contributed by atoms with Crippen molar-refractivity contribution in [2.75, 3.05) is 19.6 Å². The first-order chi connectivity index (χ1) is 11.6. The van der Waals surface area contributed by atoms with Crippen LogP contribution >= 0.6 is 11.6 Å². The van der Waals surface area contributed by atoms with Gasteiger partial charge < -0.3 is 5.32 Å². The molecule has 2 atom stereocenters. The largest absolute Gasteiger partial charge is 0.316 e. The highest BCUT2D eigenvalue weighted by molar-refractivity contribution is 7.89. The fourth-order valence-corrected chi connectivity index (χ4v) is 5.62. The minimum atomic E-state index is -3.65. The Labute approximate surface area is 146 Å². The lowest BCUT2D eigenvalue weighted by atomic mass is 9.91. The van der Waals surface area contributed by atoms with Gasteiger partial charge in [-0.3, -0.25) is 4.98 Å². The predicted molar refractivity (Wildman–Crippen MR) is 92.4 cm³/mol. The van der Waals surface area contributed by atoms with Crippen molar-refractivity contribution in [2.45, 2.75) is 17.4 Å². The molecule has 2 aliphatic rings. The molecular formula is C17H18ClN3O2S. The summed E-state index contributed by atoms with van der Waals surface area (Å²) < 4.78 is 27.9. The van der Waals surface area contributed by atoms with E-state index in [1.54, 1.807) is 34.8 Å². The zero-order chi connectivity index (χ0) is 16.7. The third kappa shape index (κ3) is 2.63. The summed E-state index contributed by atoms with van der Waals surface area (Å²) in [6, 6.07) is 10.4. The Morgan fingerprint density at radius 2 is 2.00 bits per heavy atom. The number of halogens is 1. The van der Waals surface area contributed by atoms with Crippen LogP contribution in [-0.4, -0.2) is 37.3 Å². The van der Waals surface area contributed by atoms with E-state index >= 15 is 0 Å². The lowest BCUT2D eigenvalue weighted by Gasteiger charge is -2.24. The van der Waals surface area contributed by atoms with E-state index in [9.17, 15) is 8.42 Å². The van der Waals surface area contributed by atoms with Crippen LogP contribution in [0.2, 0.25) is 5.02 Å². The molecule has 1 aromatic carbocycles. The number of nitrogens with one attached hydrogen (secondary N) is 1. The van der Waals surface area contributed by atoms with Gasteiger partial charge in [-0.15, -0.1) is 0 Å². The van der Waals surface area contributed by atoms with Gasteiger partial charge in [-0.2, -0.15) is 4.31 Å². The van der Waals surface area contributed by atoms with Gasteiger partial charge in [-0.1, -0.05) is 29.8 Å². The number of pyridine rings is 1. The van der Waals surface area contributed by atoms with Crippen molar-refractivity contribution >= 4 is 21.6 Å². The molecule has 0 bridgehead atoms. The van der Waals surface area contributed by atoms with E-state index in [2.05, 4.69) is 10.3 Å². The lowest BCUT2D eigenvalue weighted by Crippen LogP contribution is -2.35. The number of rotatable bonds is 2. The number of hydrogen-bond acceptors (Lipinski definition) is 4. The van der Waals surface area contributed by atoms with Crippen LogP contribution in [0.5, 0.6) is 0 Å². The molecule has 1 saturated heterocycles. The van der Waals surface area contributed by atoms with Gasteiger partial charge >= 0.3 is 0 Å². The average molecular weight is 364 g/mol. The van der Waals surface area contributed by atoms with Crippen LogP contribution in [0.3, 0.4) is 0 Å². The molecule has 1 N–H and O–H groups in total. The van der Waals surface area contributed by atoms with E-state index < -0.39 is 10.0 Å². The summed E-state index contributed by atoms with van der Waals surface area (Å²) in [4.78, 5) is 4.71. The molecule has 24 heavy (non-hydrogen) atoms. The van der Waals surface area contributed by atoms with Crippen LogP contribution in [0.4, 0.5) is 0 Å². The Morgan fingerprint density at radius 1 is 1.17 bits per heavy atom. The topological polar surface area (TPSA) is 62.3 Å². The quantitative estimate of drug-likeness (QED) is 0.888. The maximum Gasteiger partial charge on any atom is 0.244 e. The van der Waals surface area contributed by atoms with Crippen LogP contribution in [-0.2, 0) is 16.6 Å². The number of hydrogen-bond donors (Lipinski definition) is 1. The van der Waals surface area contributed by atoms with Gasteiger partial charge in [0.2, 0.25) is 10.0 Å². The van der Waals surface area contributed by atoms with Gasteiger partial charge in [0.15, 0.2) is 0 Å². The monoisotopic (exact) mass is 363 g/mol. The molecule has 2 aliphatic heterocycles. The van der Waals surface area contributed by atoms with Gasteiger partial charge in [-0.25, -0.2) is 8.42 Å². The number of sulfonamides is 1. The summed E-state index contributed by atoms with van der Waals surface area (Å²) in [6.45, 7) is 2.45. The van der Waals surface area contributed by atoms with Crippen molar-refractivity contribution in [1.29, 1.82) is 0 Å². The maximum atomic E-state index is 13.2. The van der Waals surface area contributed by atoms with Gasteiger partial charge in [0.05, 0.1) is 5.02 Å². The van der Waals surface area contributed by atoms with Crippen molar-refractivity contribution in [3.05, 3.63) is 58.9 Å². The molecule has 0 radical (unpaired) electrons. The van der Waals surface area contributed by atoms with E-state index in [4.69, 9.17) is 11.6 Å². The summed E-state index contributed by atoms with van der Waals surface area (Å²) in [5, 5.41) is 3.63. The number of aromatic nitrogens is 1. The van der Waals surface area contributed by atoms with Crippen LogP contribution in [0.25, 0.3) is 0 Å². The Bertz CT molecular complexity index is 872. The molecule has 0 unspecified atom stereocenters. The second kappa shape index (κ2) is 6.11. The Hall–Kier alpha value is -1.47. The van der Waals surface area contributed by atoms with E-state index in [1.165, 1.54) is 0 Å². The molecule has 7 heteroatoms. The molecule has 3 heterocycles. The molecule has 4 rings (SSSR count). The van der Waals surface area contributed by atoms with Crippen LogP contribution < -0.4 is 5.32 Å². The Morgan fingerprint density at radius 3 is 2.83 bits per heavy atom. The number of fused-ring (bicyclic) bond motifs is 3. The minimum absolute atomic E-state index is 0.168. The predicted octanol–water partition coefficient (Wildman–Crippen LogP) is 2.24. The summed E-state index contributed by atoms with van der Waals surface area (Å²) in [5.74, 6) is 0.478. The lowest BCUT2D eigenvalue weighted by molar-refractivity contribution is 0.349. The third-order valence-corrected chi connectivity index (χ3v) is 7.17. The molecule has 126 valence electrons. The molecule has 0 spiro atoms. The van der Waals surface area contributed by atoms with Gasteiger partial charge in [0, 0.05) is 37.4 Å². The van der Waals surface area contributed by atoms with E-state index in [1.807, 2.05) is 12.1 Å². The van der Waals surface area contributed by atoms with Crippen molar-refractivity contribution in [1.82, 2.24) is 14.6 Å². The fraction of sp³-hybridized carbons (Fsp3) is 0.353. The van der Waals surface area contributed by atoms with Gasteiger partial charge in [0.25, 0.3) is 0 Å². The second-order valence-corrected chi connectivity index (χ2v) is 8.61. The van der Waals surface area contributed by atoms with E-state index in [0.717, 1.165) is 24.3 Å². The standard InChI is InChI=1S/C17H18ClN3O2S/c18-15-5-1-2-6-16(15)24(22,23)21-10-12-4-3-7-20-17(12)14-9-19-8-13(14)11-21/h1-7,13-14,19H,8-11H2/t13-,14+/m0/s1. The molecule has 1 fully saturated rings. The molecule has 0 amide bonds. The van der Waals surface area contributed by atoms with E-state index in [0.29, 0.717) is 13.1 Å². The zero-order valence-electron chi connectivity index (χ0n) is 13.0. The number of benzene rings is 1. The van der Waals surface area contributed by atoms with Crippen molar-refractivity contribution < 1.29 is 8.42 Å². The highest BCUT2D eigenvalue weighted by Gasteiger charge is 2.39. The maximum absolute atomic E-state index is 13.2. The van der Waals surface area contributed by atoms with Crippen molar-refractivity contribution in [3.8, 4) is 0 Å². The first-order valence-electron chi connectivity index (χ1n) is 7.96. The van der Waals surface area contributed by atoms with Gasteiger partial charge in [-0.05, 0) is 36.2 Å². The zero-order valence-corrected chi connectivity index (χ0v) is 14.6. The second-order valence-electron chi connectivity index (χ2n) is 6.30. The normalized spacial score (nSPS) is 24.2. The number of nitrogens with zero attached hydrogens (tertiary/aromatic N) is 2. The molecule has 2 aromatic rings. The molecule has 0 aliphatic carbocycles. The highest BCUT2D eigenvalue weighted by atomic mass is 35.5. The first-order valence-corrected chi connectivity index (χ1v) is 9.78. The molecular weight excluding hydrogens is 346 g/mol. The molecule has 1 aromatic heterocycles. The Balaban J connectivity index is 1.78. The van der Waals surface area contributed by atoms with Crippen molar-refractivity contribution in [3.63, 3.8) is 0 Å². The summed E-state index contributed by atoms with van der Waals surface area (Å²) in [5.41, 5.74) is 1.99. The van der Waals surface area contributed by atoms with Gasteiger partial charge in [0.1, 0.15) is 4.90 Å². The van der Waals surface area contributed by atoms with Crippen LogP contribution in [0, 0.1) is 5.92 Å².